The van der Waals surface area contributed by atoms with E-state index in [1.54, 1.807) is 0 Å². The van der Waals surface area contributed by atoms with E-state index < -0.39 is 30.0 Å². The summed E-state index contributed by atoms with van der Waals surface area (Å²) >= 11 is -6.86. The molecule has 0 aliphatic heterocycles. The van der Waals surface area contributed by atoms with Crippen molar-refractivity contribution in [2.45, 2.75) is 34.6 Å². The summed E-state index contributed by atoms with van der Waals surface area (Å²) in [6, 6.07) is 26.4. The van der Waals surface area contributed by atoms with Crippen molar-refractivity contribution >= 4 is 127 Å². The second kappa shape index (κ2) is 11.5. The number of fused-ring (bicyclic) bond motifs is 4. The van der Waals surface area contributed by atoms with Crippen molar-refractivity contribution in [2.24, 2.45) is 0 Å². The molecule has 8 heteroatoms. The first-order valence-electron chi connectivity index (χ1n) is 12.0. The van der Waals surface area contributed by atoms with Crippen molar-refractivity contribution in [1.82, 2.24) is 0 Å². The monoisotopic (exact) mass is 810 g/mol. The van der Waals surface area contributed by atoms with E-state index in [0.717, 1.165) is 25.7 Å². The van der Waals surface area contributed by atoms with Crippen molar-refractivity contribution in [3.63, 3.8) is 0 Å². The fourth-order valence-corrected chi connectivity index (χ4v) is 13.9. The quantitative estimate of drug-likeness (QED) is 0.108. The summed E-state index contributed by atoms with van der Waals surface area (Å²) in [5.74, 6) is 0. The van der Waals surface area contributed by atoms with Crippen LogP contribution in [0.1, 0.15) is 24.0 Å². The Bertz CT molecular complexity index is 1360. The second-order valence-electron chi connectivity index (χ2n) is 9.38. The summed E-state index contributed by atoms with van der Waals surface area (Å²) in [5.41, 5.74) is 2.67. The van der Waals surface area contributed by atoms with Gasteiger partial charge in [0, 0.05) is 0 Å². The number of hydrogen-bond donors (Lipinski definition) is 0. The molecule has 0 atom stereocenters. The van der Waals surface area contributed by atoms with Crippen molar-refractivity contribution < 1.29 is 0 Å². The van der Waals surface area contributed by atoms with Gasteiger partial charge >= 0.3 is 245 Å². The minimum absolute atomic E-state index is 0.710. The van der Waals surface area contributed by atoms with E-state index in [2.05, 4.69) is 72.8 Å². The van der Waals surface area contributed by atoms with Crippen LogP contribution in [0.25, 0.3) is 43.1 Å². The van der Waals surface area contributed by atoms with Gasteiger partial charge in [0.25, 0.3) is 0 Å². The van der Waals surface area contributed by atoms with E-state index in [0.29, 0.717) is 8.87 Å². The Morgan fingerprint density at radius 2 is 0.722 bits per heavy atom. The number of benzene rings is 5. The van der Waals surface area contributed by atoms with Gasteiger partial charge in [-0.25, -0.2) is 0 Å². The Morgan fingerprint density at radius 1 is 0.444 bits per heavy atom. The van der Waals surface area contributed by atoms with Crippen LogP contribution in [-0.2, 0) is 12.8 Å². The SMILES string of the molecule is [Cl][Sn]([Cl])([Cl])[CH2]CCc1c2cc3ccccc3cc2c(CC[CH2][Sn]([Cl])([Cl])[Cl])c2cc3ccccc3cc12. The van der Waals surface area contributed by atoms with Crippen LogP contribution >= 0.6 is 53.5 Å². The van der Waals surface area contributed by atoms with Gasteiger partial charge in [-0.3, -0.25) is 0 Å². The molecule has 0 N–H and O–H groups in total. The van der Waals surface area contributed by atoms with E-state index in [-0.39, 0.29) is 0 Å². The molecule has 0 nitrogen and oxygen atoms in total. The third kappa shape index (κ3) is 6.61. The van der Waals surface area contributed by atoms with E-state index in [1.165, 1.54) is 54.2 Å². The third-order valence-electron chi connectivity index (χ3n) is 6.85. The number of hydrogen-bond acceptors (Lipinski definition) is 0. The Labute approximate surface area is 242 Å². The van der Waals surface area contributed by atoms with Crippen molar-refractivity contribution in [3.8, 4) is 0 Å². The number of aryl methyl sites for hydroxylation is 2. The molecule has 0 aromatic heterocycles. The van der Waals surface area contributed by atoms with E-state index in [9.17, 15) is 0 Å². The molecular weight excluding hydrogens is 786 g/mol. The molecule has 36 heavy (non-hydrogen) atoms. The summed E-state index contributed by atoms with van der Waals surface area (Å²) < 4.78 is 1.42. The van der Waals surface area contributed by atoms with Crippen molar-refractivity contribution in [2.75, 3.05) is 0 Å². The molecular formula is C28H24Cl6Sn2. The molecule has 5 aromatic rings. The Morgan fingerprint density at radius 3 is 0.972 bits per heavy atom. The number of halogens is 6. The molecule has 0 fully saturated rings. The second-order valence-corrected chi connectivity index (χ2v) is 53.0. The zero-order valence-electron chi connectivity index (χ0n) is 19.4. The Kier molecular flexibility index (Phi) is 8.97. The molecule has 0 aliphatic carbocycles. The average Bonchev–Trinajstić information content (AvgIpc) is 2.81. The van der Waals surface area contributed by atoms with Crippen LogP contribution in [0.4, 0.5) is 0 Å². The summed E-state index contributed by atoms with van der Waals surface area (Å²) in [4.78, 5) is 0. The predicted octanol–water partition coefficient (Wildman–Crippen LogP) is 11.5. The Hall–Kier alpha value is 0.477. The fourth-order valence-electron chi connectivity index (χ4n) is 5.24. The van der Waals surface area contributed by atoms with Gasteiger partial charge in [0.2, 0.25) is 0 Å². The van der Waals surface area contributed by atoms with Crippen molar-refractivity contribution in [3.05, 3.63) is 83.9 Å². The van der Waals surface area contributed by atoms with E-state index >= 15 is 0 Å². The maximum absolute atomic E-state index is 6.32. The van der Waals surface area contributed by atoms with Crippen LogP contribution in [-0.4, -0.2) is 30.0 Å². The standard InChI is InChI=1S/C28H24.6ClH.2Sn/c1-3-9-23-25-15-19-11-5-7-13-21(19)17-27(25)24(10-4-2)28-18-22-14-8-6-12-20(22)16-26(23)28;;;;;;;;/h5-8,11-18H,1-4,9-10H2;6*1H;;/q;;;;;;;2*+3/p-6. The van der Waals surface area contributed by atoms with E-state index in [1.807, 2.05) is 0 Å². The van der Waals surface area contributed by atoms with Crippen LogP contribution in [0, 0.1) is 0 Å². The number of rotatable bonds is 8. The van der Waals surface area contributed by atoms with Crippen LogP contribution in [0.15, 0.2) is 72.8 Å². The first kappa shape index (κ1) is 28.0. The molecule has 5 aromatic carbocycles. The van der Waals surface area contributed by atoms with Gasteiger partial charge in [0.15, 0.2) is 0 Å². The molecule has 0 aliphatic rings. The topological polar surface area (TPSA) is 0 Å². The van der Waals surface area contributed by atoms with Gasteiger partial charge < -0.3 is 0 Å². The van der Waals surface area contributed by atoms with Gasteiger partial charge in [-0.2, -0.15) is 0 Å². The summed E-state index contributed by atoms with van der Waals surface area (Å²) in [7, 11) is 37.9. The molecule has 0 amide bonds. The molecule has 0 radical (unpaired) electrons. The Balaban J connectivity index is 1.79. The summed E-state index contributed by atoms with van der Waals surface area (Å²) in [5, 5.41) is 10.1. The van der Waals surface area contributed by atoms with Crippen LogP contribution in [0.5, 0.6) is 0 Å². The molecule has 5 rings (SSSR count). The van der Waals surface area contributed by atoms with Crippen LogP contribution < -0.4 is 0 Å². The average molecular weight is 811 g/mol. The van der Waals surface area contributed by atoms with Gasteiger partial charge in [-0.15, -0.1) is 0 Å². The molecule has 0 spiro atoms. The summed E-state index contributed by atoms with van der Waals surface area (Å²) in [6.45, 7) is 0. The van der Waals surface area contributed by atoms with Crippen LogP contribution in [0.2, 0.25) is 8.87 Å². The van der Waals surface area contributed by atoms with E-state index in [4.69, 9.17) is 53.5 Å². The zero-order chi connectivity index (χ0) is 25.5. The molecule has 0 bridgehead atoms. The minimum atomic E-state index is -3.43. The first-order valence-corrected chi connectivity index (χ1v) is 37.7. The molecule has 0 unspecified atom stereocenters. The van der Waals surface area contributed by atoms with Gasteiger partial charge in [-0.05, 0) is 0 Å². The molecule has 186 valence electrons. The molecule has 0 saturated carbocycles. The summed E-state index contributed by atoms with van der Waals surface area (Å²) in [6.07, 6.45) is 3.49. The van der Waals surface area contributed by atoms with Crippen molar-refractivity contribution in [1.29, 1.82) is 0 Å². The normalized spacial score (nSPS) is 12.8. The zero-order valence-corrected chi connectivity index (χ0v) is 29.7. The maximum atomic E-state index is 6.32. The third-order valence-corrected chi connectivity index (χ3v) is 19.7. The van der Waals surface area contributed by atoms with Gasteiger partial charge in [-0.1, -0.05) is 0 Å². The first-order chi connectivity index (χ1) is 17.1. The van der Waals surface area contributed by atoms with Gasteiger partial charge in [0.1, 0.15) is 0 Å². The van der Waals surface area contributed by atoms with Crippen LogP contribution in [0.3, 0.4) is 0 Å². The van der Waals surface area contributed by atoms with Gasteiger partial charge in [0.05, 0.1) is 0 Å². The predicted molar refractivity (Wildman–Crippen MR) is 169 cm³/mol. The molecule has 0 saturated heterocycles. The fraction of sp³-hybridized carbons (Fsp3) is 0.214. The molecule has 0 heterocycles.